The summed E-state index contributed by atoms with van der Waals surface area (Å²) < 4.78 is 5.95. The van der Waals surface area contributed by atoms with E-state index in [0.29, 0.717) is 0 Å². The van der Waals surface area contributed by atoms with Crippen LogP contribution in [0.2, 0.25) is 18.1 Å². The lowest BCUT2D eigenvalue weighted by atomic mass is 10.2. The van der Waals surface area contributed by atoms with E-state index in [1.54, 1.807) is 6.08 Å². The zero-order chi connectivity index (χ0) is 14.8. The van der Waals surface area contributed by atoms with Crippen molar-refractivity contribution in [1.82, 2.24) is 0 Å². The second kappa shape index (κ2) is 9.30. The van der Waals surface area contributed by atoms with E-state index in [0.717, 1.165) is 20.0 Å². The van der Waals surface area contributed by atoms with Gasteiger partial charge in [-0.1, -0.05) is 32.9 Å². The molecule has 0 aromatic heterocycles. The molecule has 0 saturated heterocycles. The standard InChI is InChI=1S/C11H24O2Si.C2H4O2/c1-11(2,3)14(4,5)13-10-8-6-7-9-12;1-2(3)4/h6-7,12H,8-10H2,1-5H3;1H3,(H,3,4). The van der Waals surface area contributed by atoms with Crippen molar-refractivity contribution in [2.24, 2.45) is 0 Å². The Balaban J connectivity index is 0. The minimum absolute atomic E-state index is 0.125. The number of aliphatic hydroxyl groups is 1. The Hall–Kier alpha value is -0.653. The number of hydrogen-bond donors (Lipinski definition) is 2. The summed E-state index contributed by atoms with van der Waals surface area (Å²) in [7, 11) is -1.56. The predicted molar refractivity (Wildman–Crippen MR) is 77.3 cm³/mol. The highest BCUT2D eigenvalue weighted by Crippen LogP contribution is 2.36. The van der Waals surface area contributed by atoms with Gasteiger partial charge in [-0.05, 0) is 24.6 Å². The third kappa shape index (κ3) is 11.8. The van der Waals surface area contributed by atoms with Crippen LogP contribution in [0.4, 0.5) is 0 Å². The maximum atomic E-state index is 9.00. The molecule has 18 heavy (non-hydrogen) atoms. The largest absolute Gasteiger partial charge is 0.481 e. The summed E-state index contributed by atoms with van der Waals surface area (Å²) in [4.78, 5) is 9.00. The fourth-order valence-corrected chi connectivity index (χ4v) is 1.85. The van der Waals surface area contributed by atoms with E-state index >= 15 is 0 Å². The van der Waals surface area contributed by atoms with Crippen LogP contribution in [0, 0.1) is 0 Å². The van der Waals surface area contributed by atoms with E-state index in [1.807, 2.05) is 6.08 Å². The molecule has 0 spiro atoms. The van der Waals surface area contributed by atoms with Crippen LogP contribution < -0.4 is 0 Å². The normalized spacial score (nSPS) is 12.2. The van der Waals surface area contributed by atoms with Crippen molar-refractivity contribution in [3.63, 3.8) is 0 Å². The molecule has 0 fully saturated rings. The van der Waals surface area contributed by atoms with Crippen LogP contribution in [0.3, 0.4) is 0 Å². The van der Waals surface area contributed by atoms with Gasteiger partial charge in [0.05, 0.1) is 6.61 Å². The van der Waals surface area contributed by atoms with Gasteiger partial charge in [-0.2, -0.15) is 0 Å². The van der Waals surface area contributed by atoms with E-state index < -0.39 is 14.3 Å². The quantitative estimate of drug-likeness (QED) is 0.460. The molecule has 4 nitrogen and oxygen atoms in total. The average Bonchev–Trinajstić information content (AvgIpc) is 2.14. The topological polar surface area (TPSA) is 66.8 Å². The molecule has 5 heteroatoms. The van der Waals surface area contributed by atoms with Gasteiger partial charge in [-0.15, -0.1) is 0 Å². The molecule has 0 aromatic rings. The molecule has 2 N–H and O–H groups in total. The zero-order valence-corrected chi connectivity index (χ0v) is 13.5. The van der Waals surface area contributed by atoms with E-state index in [-0.39, 0.29) is 11.6 Å². The van der Waals surface area contributed by atoms with Gasteiger partial charge in [-0.3, -0.25) is 4.79 Å². The van der Waals surface area contributed by atoms with Crippen LogP contribution in [0.15, 0.2) is 12.2 Å². The Morgan fingerprint density at radius 3 is 2.06 bits per heavy atom. The minimum Gasteiger partial charge on any atom is -0.481 e. The molecule has 0 aliphatic carbocycles. The summed E-state index contributed by atoms with van der Waals surface area (Å²) in [5, 5.41) is 16.2. The van der Waals surface area contributed by atoms with Crippen molar-refractivity contribution in [2.45, 2.75) is 52.2 Å². The highest BCUT2D eigenvalue weighted by molar-refractivity contribution is 6.74. The van der Waals surface area contributed by atoms with Crippen molar-refractivity contribution in [1.29, 1.82) is 0 Å². The van der Waals surface area contributed by atoms with Crippen molar-refractivity contribution in [2.75, 3.05) is 13.2 Å². The van der Waals surface area contributed by atoms with E-state index in [2.05, 4.69) is 33.9 Å². The first-order valence-electron chi connectivity index (χ1n) is 6.14. The van der Waals surface area contributed by atoms with E-state index in [4.69, 9.17) is 19.4 Å². The Morgan fingerprint density at radius 2 is 1.72 bits per heavy atom. The Morgan fingerprint density at radius 1 is 1.28 bits per heavy atom. The Kier molecular flexibility index (Phi) is 10.2. The van der Waals surface area contributed by atoms with Crippen LogP contribution in [0.1, 0.15) is 34.1 Å². The lowest BCUT2D eigenvalue weighted by Crippen LogP contribution is -2.40. The van der Waals surface area contributed by atoms with Gasteiger partial charge >= 0.3 is 0 Å². The lowest BCUT2D eigenvalue weighted by Gasteiger charge is -2.36. The molecule has 0 aliphatic rings. The maximum absolute atomic E-state index is 9.00. The number of carboxylic acids is 1. The van der Waals surface area contributed by atoms with Gasteiger partial charge in [0, 0.05) is 13.5 Å². The first kappa shape index (κ1) is 19.7. The zero-order valence-electron chi connectivity index (χ0n) is 12.5. The minimum atomic E-state index is -1.56. The summed E-state index contributed by atoms with van der Waals surface area (Å²) in [5.41, 5.74) is 0. The fourth-order valence-electron chi connectivity index (χ4n) is 0.791. The summed E-state index contributed by atoms with van der Waals surface area (Å²) in [6.45, 7) is 13.2. The van der Waals surface area contributed by atoms with Gasteiger partial charge in [-0.25, -0.2) is 0 Å². The summed E-state index contributed by atoms with van der Waals surface area (Å²) in [6, 6.07) is 0. The van der Waals surface area contributed by atoms with Gasteiger partial charge in [0.1, 0.15) is 0 Å². The molecule has 0 aromatic carbocycles. The first-order chi connectivity index (χ1) is 8.04. The SMILES string of the molecule is CC(=O)O.CC(C)(C)[Si](C)(C)OCCC=CCO. The number of carboxylic acid groups (broad SMARTS) is 1. The third-order valence-electron chi connectivity index (χ3n) is 2.83. The van der Waals surface area contributed by atoms with Crippen LogP contribution in [0.5, 0.6) is 0 Å². The van der Waals surface area contributed by atoms with E-state index in [9.17, 15) is 0 Å². The highest BCUT2D eigenvalue weighted by Gasteiger charge is 2.36. The molecule has 0 rings (SSSR count). The van der Waals surface area contributed by atoms with Crippen LogP contribution >= 0.6 is 0 Å². The van der Waals surface area contributed by atoms with Gasteiger partial charge < -0.3 is 14.6 Å². The number of aliphatic carboxylic acids is 1. The molecule has 0 radical (unpaired) electrons. The molecular formula is C13H28O4Si. The molecule has 0 bridgehead atoms. The molecule has 0 amide bonds. The second-order valence-electron chi connectivity index (χ2n) is 5.57. The van der Waals surface area contributed by atoms with Crippen LogP contribution in [-0.2, 0) is 9.22 Å². The highest BCUT2D eigenvalue weighted by atomic mass is 28.4. The summed E-state index contributed by atoms with van der Waals surface area (Å²) >= 11 is 0. The lowest BCUT2D eigenvalue weighted by molar-refractivity contribution is -0.134. The first-order valence-corrected chi connectivity index (χ1v) is 9.04. The van der Waals surface area contributed by atoms with Gasteiger partial charge in [0.2, 0.25) is 0 Å². The maximum Gasteiger partial charge on any atom is 0.300 e. The monoisotopic (exact) mass is 276 g/mol. The Labute approximate surface area is 112 Å². The number of hydrogen-bond acceptors (Lipinski definition) is 3. The Bertz CT molecular complexity index is 250. The average molecular weight is 276 g/mol. The molecule has 108 valence electrons. The fraction of sp³-hybridized carbons (Fsp3) is 0.769. The molecule has 0 saturated carbocycles. The number of aliphatic hydroxyl groups excluding tert-OH is 1. The van der Waals surface area contributed by atoms with Crippen molar-refractivity contribution in [3.8, 4) is 0 Å². The van der Waals surface area contributed by atoms with Crippen molar-refractivity contribution < 1.29 is 19.4 Å². The van der Waals surface area contributed by atoms with Crippen molar-refractivity contribution in [3.05, 3.63) is 12.2 Å². The van der Waals surface area contributed by atoms with Gasteiger partial charge in [0.15, 0.2) is 8.32 Å². The van der Waals surface area contributed by atoms with Crippen molar-refractivity contribution >= 4 is 14.3 Å². The molecule has 0 atom stereocenters. The van der Waals surface area contributed by atoms with Crippen LogP contribution in [-0.4, -0.2) is 37.7 Å². The molecule has 0 aliphatic heterocycles. The summed E-state index contributed by atoms with van der Waals surface area (Å²) in [6.07, 6.45) is 4.62. The third-order valence-corrected chi connectivity index (χ3v) is 7.36. The second-order valence-corrected chi connectivity index (χ2v) is 10.4. The number of rotatable bonds is 5. The predicted octanol–water partition coefficient (Wildman–Crippen LogP) is 3.04. The van der Waals surface area contributed by atoms with Gasteiger partial charge in [0.25, 0.3) is 5.97 Å². The van der Waals surface area contributed by atoms with Crippen LogP contribution in [0.25, 0.3) is 0 Å². The van der Waals surface area contributed by atoms with E-state index in [1.165, 1.54) is 0 Å². The molecule has 0 unspecified atom stereocenters. The molecule has 0 heterocycles. The number of carbonyl (C=O) groups is 1. The summed E-state index contributed by atoms with van der Waals surface area (Å²) in [5.74, 6) is -0.833. The molecular weight excluding hydrogens is 248 g/mol. The smallest absolute Gasteiger partial charge is 0.300 e.